The van der Waals surface area contributed by atoms with Gasteiger partial charge in [-0.15, -0.1) is 11.6 Å². The molecule has 3 N–H and O–H groups in total. The molecule has 5 aliphatic rings. The van der Waals surface area contributed by atoms with E-state index >= 15 is 0 Å². The van der Waals surface area contributed by atoms with Crippen LogP contribution >= 0.6 is 11.6 Å². The van der Waals surface area contributed by atoms with Crippen molar-refractivity contribution in [3.05, 3.63) is 0 Å². The molecule has 13 heteroatoms. The lowest BCUT2D eigenvalue weighted by molar-refractivity contribution is -0.203. The monoisotopic (exact) mass is 582 g/mol. The maximum atomic E-state index is 14.4. The van der Waals surface area contributed by atoms with Gasteiger partial charge in [-0.2, -0.15) is 13.2 Å². The molecule has 1 saturated carbocycles. The third-order valence-corrected chi connectivity index (χ3v) is 11.9. The van der Waals surface area contributed by atoms with Crippen molar-refractivity contribution in [2.45, 2.75) is 113 Å². The first-order chi connectivity index (χ1) is 17.9. The van der Waals surface area contributed by atoms with Crippen LogP contribution in [0, 0.1) is 16.6 Å². The standard InChI is InChI=1S/C25H42ClF3N6O2S/c1-15-3-8-19-20(14-31-22-13-21(26)32-35(19)22)34(15)18-6-4-16(5-7-18)23(25(27,28)29)33(2)24(36)17-9-11-38(30,37)12-10-17/h15-23,30-32H,3-14H2,1-2H3/t15-,16?,17?,18?,19?,20?,21?,22?,23-,38?/m0/s1. The number of piperidine rings is 1. The van der Waals surface area contributed by atoms with Gasteiger partial charge in [-0.3, -0.25) is 19.8 Å². The highest BCUT2D eigenvalue weighted by molar-refractivity contribution is 7.92. The van der Waals surface area contributed by atoms with Crippen molar-refractivity contribution < 1.29 is 22.2 Å². The average molecular weight is 583 g/mol. The molecule has 6 atom stereocenters. The van der Waals surface area contributed by atoms with Gasteiger partial charge in [-0.25, -0.2) is 14.6 Å². The zero-order valence-electron chi connectivity index (χ0n) is 22.3. The molecule has 4 aliphatic heterocycles. The number of amides is 1. The quantitative estimate of drug-likeness (QED) is 0.348. The largest absolute Gasteiger partial charge is 0.409 e. The Balaban J connectivity index is 1.24. The van der Waals surface area contributed by atoms with Crippen LogP contribution in [0.3, 0.4) is 0 Å². The number of hydrazine groups is 1. The molecule has 0 bridgehead atoms. The minimum absolute atomic E-state index is 0.0850. The van der Waals surface area contributed by atoms with Crippen molar-refractivity contribution in [3.8, 4) is 0 Å². The van der Waals surface area contributed by atoms with Gasteiger partial charge in [0, 0.05) is 71.3 Å². The molecule has 0 aromatic carbocycles. The Kier molecular flexibility index (Phi) is 8.32. The van der Waals surface area contributed by atoms with E-state index in [1.54, 1.807) is 0 Å². The summed E-state index contributed by atoms with van der Waals surface area (Å²) in [5, 5.41) is 5.90. The molecule has 5 rings (SSSR count). The van der Waals surface area contributed by atoms with Crippen molar-refractivity contribution in [3.63, 3.8) is 0 Å². The smallest absolute Gasteiger partial charge is 0.333 e. The van der Waals surface area contributed by atoms with Crippen molar-refractivity contribution in [2.75, 3.05) is 25.1 Å². The number of fused-ring (bicyclic) bond motifs is 3. The maximum Gasteiger partial charge on any atom is 0.409 e. The van der Waals surface area contributed by atoms with Crippen LogP contribution in [0.2, 0.25) is 0 Å². The minimum Gasteiger partial charge on any atom is -0.333 e. The summed E-state index contributed by atoms with van der Waals surface area (Å²) in [5.41, 5.74) is 3.32. The molecule has 38 heavy (non-hydrogen) atoms. The summed E-state index contributed by atoms with van der Waals surface area (Å²) in [6, 6.07) is -0.602. The third-order valence-electron chi connectivity index (χ3n) is 9.84. The Morgan fingerprint density at radius 3 is 2.37 bits per heavy atom. The van der Waals surface area contributed by atoms with Gasteiger partial charge < -0.3 is 4.90 Å². The number of alkyl halides is 4. The van der Waals surface area contributed by atoms with E-state index in [0.717, 1.165) is 30.7 Å². The Labute approximate surface area is 229 Å². The molecule has 8 nitrogen and oxygen atoms in total. The number of hydrogen-bond acceptors (Lipinski definition) is 7. The summed E-state index contributed by atoms with van der Waals surface area (Å²) in [4.78, 5) is 16.6. The molecule has 0 spiro atoms. The van der Waals surface area contributed by atoms with Crippen molar-refractivity contribution >= 4 is 27.2 Å². The number of carbonyl (C=O) groups is 1. The first-order valence-electron chi connectivity index (χ1n) is 14.1. The molecule has 1 amide bonds. The Hall–Kier alpha value is -0.660. The van der Waals surface area contributed by atoms with Gasteiger partial charge >= 0.3 is 6.18 Å². The zero-order chi connectivity index (χ0) is 27.4. The number of likely N-dealkylation sites (tertiary alicyclic amines) is 1. The third kappa shape index (κ3) is 5.72. The van der Waals surface area contributed by atoms with Crippen LogP contribution in [0.15, 0.2) is 0 Å². The van der Waals surface area contributed by atoms with E-state index in [1.807, 2.05) is 0 Å². The second-order valence-corrected chi connectivity index (χ2v) is 15.1. The number of halogens is 4. The number of nitrogens with one attached hydrogen (secondary N) is 3. The summed E-state index contributed by atoms with van der Waals surface area (Å²) in [5.74, 6) is -1.56. The predicted octanol–water partition coefficient (Wildman–Crippen LogP) is 3.32. The van der Waals surface area contributed by atoms with Crippen molar-refractivity contribution in [2.24, 2.45) is 11.8 Å². The first-order valence-corrected chi connectivity index (χ1v) is 16.5. The van der Waals surface area contributed by atoms with Crippen LogP contribution in [-0.2, 0) is 14.5 Å². The molecule has 4 saturated heterocycles. The zero-order valence-corrected chi connectivity index (χ0v) is 23.8. The summed E-state index contributed by atoms with van der Waals surface area (Å²) in [6.07, 6.45) is 1.37. The number of hydrogen-bond donors (Lipinski definition) is 3. The predicted molar refractivity (Wildman–Crippen MR) is 141 cm³/mol. The second-order valence-electron chi connectivity index (χ2n) is 12.2. The normalized spacial score (nSPS) is 43.7. The number of rotatable bonds is 4. The lowest BCUT2D eigenvalue weighted by atomic mass is 9.77. The van der Waals surface area contributed by atoms with Gasteiger partial charge in [0.2, 0.25) is 5.91 Å². The summed E-state index contributed by atoms with van der Waals surface area (Å²) in [6.45, 7) is 3.09. The fraction of sp³-hybridized carbons (Fsp3) is 0.960. The summed E-state index contributed by atoms with van der Waals surface area (Å²) >= 11 is 6.38. The van der Waals surface area contributed by atoms with Gasteiger partial charge in [0.1, 0.15) is 6.04 Å². The summed E-state index contributed by atoms with van der Waals surface area (Å²) in [7, 11) is -1.41. The van der Waals surface area contributed by atoms with Crippen LogP contribution < -0.4 is 10.7 Å². The van der Waals surface area contributed by atoms with E-state index in [2.05, 4.69) is 27.6 Å². The van der Waals surface area contributed by atoms with Crippen LogP contribution in [0.4, 0.5) is 13.2 Å². The average Bonchev–Trinajstić information content (AvgIpc) is 3.24. The first kappa shape index (κ1) is 28.9. The molecule has 4 unspecified atom stereocenters. The van der Waals surface area contributed by atoms with Gasteiger partial charge in [-0.1, -0.05) is 0 Å². The molecular formula is C25H42ClF3N6O2S. The molecule has 0 aromatic heterocycles. The second kappa shape index (κ2) is 11.0. The Morgan fingerprint density at radius 2 is 1.74 bits per heavy atom. The van der Waals surface area contributed by atoms with Crippen LogP contribution in [-0.4, -0.2) is 98.1 Å². The van der Waals surface area contributed by atoms with Crippen molar-refractivity contribution in [1.29, 1.82) is 4.78 Å². The lowest BCUT2D eigenvalue weighted by Gasteiger charge is -2.56. The molecule has 1 aliphatic carbocycles. The topological polar surface area (TPSA) is 91.8 Å². The molecule has 5 fully saturated rings. The SMILES string of the molecule is C[C@H]1CCC2C(CNC3CC(Cl)NN32)N1C1CCC([C@H](N(C)C(=O)C2CCS(=N)(=O)CC2)C(F)(F)F)CC1. The highest BCUT2D eigenvalue weighted by Crippen LogP contribution is 2.42. The minimum atomic E-state index is -4.51. The van der Waals surface area contributed by atoms with Crippen molar-refractivity contribution in [1.82, 2.24) is 25.6 Å². The highest BCUT2D eigenvalue weighted by Gasteiger charge is 2.52. The van der Waals surface area contributed by atoms with Crippen LogP contribution in [0.5, 0.6) is 0 Å². The van der Waals surface area contributed by atoms with E-state index in [1.165, 1.54) is 7.05 Å². The molecular weight excluding hydrogens is 541 g/mol. The number of nitrogens with zero attached hydrogens (tertiary/aromatic N) is 3. The van der Waals surface area contributed by atoms with Gasteiger partial charge in [0.25, 0.3) is 0 Å². The molecule has 4 heterocycles. The number of carbonyl (C=O) groups excluding carboxylic acids is 1. The van der Waals surface area contributed by atoms with Gasteiger partial charge in [-0.05, 0) is 64.2 Å². The van der Waals surface area contributed by atoms with E-state index in [-0.39, 0.29) is 48.1 Å². The maximum absolute atomic E-state index is 14.4. The van der Waals surface area contributed by atoms with E-state index in [4.69, 9.17) is 16.4 Å². The van der Waals surface area contributed by atoms with Crippen LogP contribution in [0.1, 0.15) is 64.7 Å². The highest BCUT2D eigenvalue weighted by atomic mass is 35.5. The Bertz CT molecular complexity index is 965. The van der Waals surface area contributed by atoms with Gasteiger partial charge in [0.15, 0.2) is 0 Å². The molecule has 0 radical (unpaired) electrons. The van der Waals surface area contributed by atoms with Crippen LogP contribution in [0.25, 0.3) is 0 Å². The Morgan fingerprint density at radius 1 is 1.08 bits per heavy atom. The molecule has 0 aromatic rings. The summed E-state index contributed by atoms with van der Waals surface area (Å²) < 4.78 is 62.9. The fourth-order valence-electron chi connectivity index (χ4n) is 7.96. The molecule has 218 valence electrons. The van der Waals surface area contributed by atoms with Gasteiger partial charge in [0.05, 0.1) is 11.7 Å². The lowest BCUT2D eigenvalue weighted by Crippen LogP contribution is -2.71. The van der Waals surface area contributed by atoms with E-state index < -0.39 is 39.7 Å². The fourth-order valence-corrected chi connectivity index (χ4v) is 9.77. The van der Waals surface area contributed by atoms with E-state index in [0.29, 0.717) is 37.8 Å². The van der Waals surface area contributed by atoms with E-state index in [9.17, 15) is 22.2 Å².